The van der Waals surface area contributed by atoms with Gasteiger partial charge in [-0.25, -0.2) is 0 Å². The quantitative estimate of drug-likeness (QED) is 0.746. The number of hydrogen-bond donors (Lipinski definition) is 2. The maximum Gasteiger partial charge on any atom is 0.220 e. The van der Waals surface area contributed by atoms with Crippen LogP contribution in [0.25, 0.3) is 0 Å². The van der Waals surface area contributed by atoms with E-state index >= 15 is 0 Å². The van der Waals surface area contributed by atoms with Gasteiger partial charge in [0.1, 0.15) is 0 Å². The first-order valence-corrected chi connectivity index (χ1v) is 7.51. The van der Waals surface area contributed by atoms with Crippen LogP contribution in [0.3, 0.4) is 0 Å². The van der Waals surface area contributed by atoms with Gasteiger partial charge in [0, 0.05) is 18.2 Å². The van der Waals surface area contributed by atoms with Crippen molar-refractivity contribution in [1.29, 1.82) is 0 Å². The molecule has 2 N–H and O–H groups in total. The molecule has 0 aromatic carbocycles. The Kier molecular flexibility index (Phi) is 6.88. The summed E-state index contributed by atoms with van der Waals surface area (Å²) >= 11 is 1.85. The fraction of sp³-hybridized carbons (Fsp3) is 0.917. The Balaban J connectivity index is 2.05. The minimum atomic E-state index is 0.236. The zero-order valence-electron chi connectivity index (χ0n) is 10.4. The lowest BCUT2D eigenvalue weighted by molar-refractivity contribution is -0.122. The van der Waals surface area contributed by atoms with Crippen molar-refractivity contribution in [3.8, 4) is 0 Å². The van der Waals surface area contributed by atoms with Gasteiger partial charge in [-0.3, -0.25) is 4.79 Å². The summed E-state index contributed by atoms with van der Waals surface area (Å²) in [6.45, 7) is 5.17. The summed E-state index contributed by atoms with van der Waals surface area (Å²) in [7, 11) is 0. The van der Waals surface area contributed by atoms with Crippen LogP contribution in [0.2, 0.25) is 0 Å². The van der Waals surface area contributed by atoms with Crippen molar-refractivity contribution in [3.63, 3.8) is 0 Å². The van der Waals surface area contributed by atoms with E-state index in [1.807, 2.05) is 11.8 Å². The zero-order chi connectivity index (χ0) is 11.8. The second-order valence-electron chi connectivity index (χ2n) is 4.58. The molecule has 16 heavy (non-hydrogen) atoms. The van der Waals surface area contributed by atoms with Crippen molar-refractivity contribution in [1.82, 2.24) is 10.6 Å². The van der Waals surface area contributed by atoms with E-state index in [2.05, 4.69) is 23.8 Å². The summed E-state index contributed by atoms with van der Waals surface area (Å²) < 4.78 is 0. The van der Waals surface area contributed by atoms with Gasteiger partial charge in [-0.1, -0.05) is 6.92 Å². The highest BCUT2D eigenvalue weighted by Crippen LogP contribution is 2.15. The lowest BCUT2D eigenvalue weighted by atomic mass is 9.94. The Morgan fingerprint density at radius 1 is 1.50 bits per heavy atom. The average Bonchev–Trinajstić information content (AvgIpc) is 2.30. The summed E-state index contributed by atoms with van der Waals surface area (Å²) in [5.74, 6) is 0.833. The Labute approximate surface area is 103 Å². The van der Waals surface area contributed by atoms with Crippen LogP contribution in [0.15, 0.2) is 0 Å². The highest BCUT2D eigenvalue weighted by molar-refractivity contribution is 7.99. The summed E-state index contributed by atoms with van der Waals surface area (Å²) in [4.78, 5) is 11.6. The molecule has 94 valence electrons. The molecule has 1 aliphatic rings. The Morgan fingerprint density at radius 2 is 2.19 bits per heavy atom. The maximum atomic E-state index is 11.6. The van der Waals surface area contributed by atoms with Gasteiger partial charge in [-0.05, 0) is 44.5 Å². The molecule has 4 heteroatoms. The van der Waals surface area contributed by atoms with Gasteiger partial charge in [0.15, 0.2) is 0 Å². The van der Waals surface area contributed by atoms with Crippen molar-refractivity contribution >= 4 is 17.7 Å². The zero-order valence-corrected chi connectivity index (χ0v) is 11.2. The van der Waals surface area contributed by atoms with Crippen LogP contribution in [0.1, 0.15) is 32.6 Å². The smallest absolute Gasteiger partial charge is 0.220 e. The molecule has 0 bridgehead atoms. The molecule has 1 aliphatic heterocycles. The third-order valence-corrected chi connectivity index (χ3v) is 4.25. The largest absolute Gasteiger partial charge is 0.356 e. The number of amides is 1. The highest BCUT2D eigenvalue weighted by atomic mass is 32.2. The fourth-order valence-corrected chi connectivity index (χ4v) is 2.31. The average molecular weight is 244 g/mol. The molecule has 0 aromatic heterocycles. The molecule has 1 amide bonds. The van der Waals surface area contributed by atoms with Crippen molar-refractivity contribution in [2.45, 2.75) is 37.9 Å². The Hall–Kier alpha value is -0.220. The third kappa shape index (κ3) is 5.75. The van der Waals surface area contributed by atoms with E-state index in [1.165, 1.54) is 0 Å². The summed E-state index contributed by atoms with van der Waals surface area (Å²) in [6, 6.07) is 0. The van der Waals surface area contributed by atoms with E-state index in [1.54, 1.807) is 0 Å². The monoisotopic (exact) mass is 244 g/mol. The van der Waals surface area contributed by atoms with Crippen molar-refractivity contribution in [3.05, 3.63) is 0 Å². The standard InChI is InChI=1S/C12H24N2OS/c1-10(16-2)3-8-14-12(15)9-11-4-6-13-7-5-11/h10-11,13H,3-9H2,1-2H3,(H,14,15). The number of piperidine rings is 1. The number of carbonyl (C=O) groups is 1. The molecule has 1 atom stereocenters. The predicted molar refractivity (Wildman–Crippen MR) is 70.8 cm³/mol. The van der Waals surface area contributed by atoms with Crippen molar-refractivity contribution < 1.29 is 4.79 Å². The second kappa shape index (κ2) is 7.96. The number of nitrogens with one attached hydrogen (secondary N) is 2. The number of carbonyl (C=O) groups excluding carboxylic acids is 1. The van der Waals surface area contributed by atoms with Gasteiger partial charge in [0.25, 0.3) is 0 Å². The minimum absolute atomic E-state index is 0.236. The highest BCUT2D eigenvalue weighted by Gasteiger charge is 2.16. The molecule has 1 rings (SSSR count). The van der Waals surface area contributed by atoms with Gasteiger partial charge in [0.05, 0.1) is 0 Å². The number of rotatable bonds is 6. The van der Waals surface area contributed by atoms with E-state index < -0.39 is 0 Å². The van der Waals surface area contributed by atoms with Gasteiger partial charge >= 0.3 is 0 Å². The summed E-state index contributed by atoms with van der Waals surface area (Å²) in [6.07, 6.45) is 6.19. The topological polar surface area (TPSA) is 41.1 Å². The molecule has 1 fully saturated rings. The van der Waals surface area contributed by atoms with Gasteiger partial charge in [-0.15, -0.1) is 0 Å². The van der Waals surface area contributed by atoms with Crippen LogP contribution in [-0.4, -0.2) is 37.0 Å². The molecule has 0 aromatic rings. The van der Waals surface area contributed by atoms with E-state index in [0.717, 1.165) is 45.3 Å². The number of hydrogen-bond acceptors (Lipinski definition) is 3. The van der Waals surface area contributed by atoms with E-state index in [0.29, 0.717) is 11.2 Å². The first-order valence-electron chi connectivity index (χ1n) is 6.22. The van der Waals surface area contributed by atoms with Gasteiger partial charge < -0.3 is 10.6 Å². The molecule has 0 saturated carbocycles. The van der Waals surface area contributed by atoms with Crippen molar-refractivity contribution in [2.24, 2.45) is 5.92 Å². The Morgan fingerprint density at radius 3 is 2.81 bits per heavy atom. The molecule has 0 aliphatic carbocycles. The maximum absolute atomic E-state index is 11.6. The van der Waals surface area contributed by atoms with E-state index in [4.69, 9.17) is 0 Å². The van der Waals surface area contributed by atoms with E-state index in [9.17, 15) is 4.79 Å². The molecule has 0 radical (unpaired) electrons. The van der Waals surface area contributed by atoms with E-state index in [-0.39, 0.29) is 5.91 Å². The molecule has 1 heterocycles. The van der Waals surface area contributed by atoms with Gasteiger partial charge in [0.2, 0.25) is 5.91 Å². The third-order valence-electron chi connectivity index (χ3n) is 3.21. The summed E-state index contributed by atoms with van der Waals surface area (Å²) in [5, 5.41) is 6.98. The normalized spacial score (nSPS) is 19.4. The molecular formula is C12H24N2OS. The molecule has 0 spiro atoms. The molecule has 1 unspecified atom stereocenters. The predicted octanol–water partition coefficient (Wildman–Crippen LogP) is 1.63. The van der Waals surface area contributed by atoms with Crippen LogP contribution in [-0.2, 0) is 4.79 Å². The molecule has 3 nitrogen and oxygen atoms in total. The Bertz CT molecular complexity index is 205. The van der Waals surface area contributed by atoms with Crippen LogP contribution >= 0.6 is 11.8 Å². The SMILES string of the molecule is CSC(C)CCNC(=O)CC1CCNCC1. The first kappa shape index (κ1) is 13.8. The molecule has 1 saturated heterocycles. The first-order chi connectivity index (χ1) is 7.72. The lowest BCUT2D eigenvalue weighted by Gasteiger charge is -2.22. The number of thioether (sulfide) groups is 1. The summed E-state index contributed by atoms with van der Waals surface area (Å²) in [5.41, 5.74) is 0. The van der Waals surface area contributed by atoms with Crippen LogP contribution < -0.4 is 10.6 Å². The van der Waals surface area contributed by atoms with Crippen LogP contribution in [0, 0.1) is 5.92 Å². The fourth-order valence-electron chi connectivity index (χ4n) is 1.95. The van der Waals surface area contributed by atoms with Gasteiger partial charge in [-0.2, -0.15) is 11.8 Å². The molecular weight excluding hydrogens is 220 g/mol. The lowest BCUT2D eigenvalue weighted by Crippen LogP contribution is -2.33. The van der Waals surface area contributed by atoms with Crippen LogP contribution in [0.5, 0.6) is 0 Å². The van der Waals surface area contributed by atoms with Crippen molar-refractivity contribution in [2.75, 3.05) is 25.9 Å². The van der Waals surface area contributed by atoms with Crippen LogP contribution in [0.4, 0.5) is 0 Å². The minimum Gasteiger partial charge on any atom is -0.356 e. The second-order valence-corrected chi connectivity index (χ2v) is 5.86.